The summed E-state index contributed by atoms with van der Waals surface area (Å²) in [7, 11) is 0. The number of nitrogens with zero attached hydrogens (tertiary/aromatic N) is 4. The molecule has 1 heterocycles. The third kappa shape index (κ3) is 4.57. The SMILES string of the molecule is CC(C)N(CCOc1nc(Cl)ncc1[N+](=O)[O-])C(C)C. The highest BCUT2D eigenvalue weighted by molar-refractivity contribution is 6.28. The van der Waals surface area contributed by atoms with E-state index in [2.05, 4.69) is 42.6 Å². The number of nitro groups is 1. The van der Waals surface area contributed by atoms with E-state index in [-0.39, 0.29) is 16.9 Å². The Labute approximate surface area is 123 Å². The summed E-state index contributed by atoms with van der Waals surface area (Å²) < 4.78 is 5.39. The summed E-state index contributed by atoms with van der Waals surface area (Å²) in [4.78, 5) is 19.8. The van der Waals surface area contributed by atoms with Gasteiger partial charge in [0, 0.05) is 18.6 Å². The second-order valence-corrected chi connectivity index (χ2v) is 5.20. The molecule has 0 N–H and O–H groups in total. The minimum absolute atomic E-state index is 0.0739. The van der Waals surface area contributed by atoms with Crippen molar-refractivity contribution in [2.24, 2.45) is 0 Å². The molecule has 0 saturated heterocycles. The van der Waals surface area contributed by atoms with Gasteiger partial charge in [-0.15, -0.1) is 0 Å². The summed E-state index contributed by atoms with van der Waals surface area (Å²) in [5.41, 5.74) is -0.282. The van der Waals surface area contributed by atoms with Gasteiger partial charge in [0.15, 0.2) is 0 Å². The highest BCUT2D eigenvalue weighted by Crippen LogP contribution is 2.24. The van der Waals surface area contributed by atoms with Crippen LogP contribution in [0.4, 0.5) is 5.69 Å². The minimum Gasteiger partial charge on any atom is -0.471 e. The van der Waals surface area contributed by atoms with E-state index in [1.165, 1.54) is 0 Å². The molecule has 0 unspecified atom stereocenters. The molecule has 0 fully saturated rings. The Kier molecular flexibility index (Phi) is 6.09. The van der Waals surface area contributed by atoms with Crippen molar-refractivity contribution >= 4 is 17.3 Å². The molecule has 0 saturated carbocycles. The number of ether oxygens (including phenoxy) is 1. The molecule has 0 bridgehead atoms. The summed E-state index contributed by atoms with van der Waals surface area (Å²) >= 11 is 5.63. The fourth-order valence-electron chi connectivity index (χ4n) is 1.93. The van der Waals surface area contributed by atoms with Crippen LogP contribution >= 0.6 is 11.6 Å². The van der Waals surface area contributed by atoms with Crippen molar-refractivity contribution in [2.75, 3.05) is 13.2 Å². The monoisotopic (exact) mass is 302 g/mol. The first kappa shape index (κ1) is 16.6. The van der Waals surface area contributed by atoms with Gasteiger partial charge in [0.25, 0.3) is 5.88 Å². The number of aromatic nitrogens is 2. The summed E-state index contributed by atoms with van der Waals surface area (Å²) in [6.45, 7) is 9.29. The lowest BCUT2D eigenvalue weighted by Crippen LogP contribution is -2.39. The van der Waals surface area contributed by atoms with Crippen molar-refractivity contribution in [1.29, 1.82) is 0 Å². The molecule has 8 heteroatoms. The molecule has 7 nitrogen and oxygen atoms in total. The molecule has 0 radical (unpaired) electrons. The summed E-state index contributed by atoms with van der Waals surface area (Å²) in [6.07, 6.45) is 1.05. The quantitative estimate of drug-likeness (QED) is 0.437. The Morgan fingerprint density at radius 3 is 2.50 bits per heavy atom. The zero-order valence-corrected chi connectivity index (χ0v) is 12.8. The van der Waals surface area contributed by atoms with Crippen molar-refractivity contribution < 1.29 is 9.66 Å². The van der Waals surface area contributed by atoms with Gasteiger partial charge < -0.3 is 4.74 Å². The van der Waals surface area contributed by atoms with Gasteiger partial charge in [-0.1, -0.05) is 0 Å². The molecule has 0 spiro atoms. The predicted molar refractivity (Wildman–Crippen MR) is 76.2 cm³/mol. The first-order valence-electron chi connectivity index (χ1n) is 6.38. The number of rotatable bonds is 7. The zero-order chi connectivity index (χ0) is 15.3. The second-order valence-electron chi connectivity index (χ2n) is 4.86. The van der Waals surface area contributed by atoms with E-state index in [4.69, 9.17) is 16.3 Å². The molecule has 1 rings (SSSR count). The predicted octanol–water partition coefficient (Wildman–Crippen LogP) is 2.54. The van der Waals surface area contributed by atoms with Gasteiger partial charge in [-0.2, -0.15) is 4.98 Å². The summed E-state index contributed by atoms with van der Waals surface area (Å²) in [6, 6.07) is 0.727. The number of hydrogen-bond acceptors (Lipinski definition) is 6. The van der Waals surface area contributed by atoms with E-state index in [9.17, 15) is 10.1 Å². The van der Waals surface area contributed by atoms with E-state index in [1.807, 2.05) is 0 Å². The van der Waals surface area contributed by atoms with Crippen molar-refractivity contribution in [2.45, 2.75) is 39.8 Å². The Balaban J connectivity index is 2.70. The Morgan fingerprint density at radius 1 is 1.40 bits per heavy atom. The van der Waals surface area contributed by atoms with Crippen molar-refractivity contribution in [3.05, 3.63) is 21.6 Å². The zero-order valence-electron chi connectivity index (χ0n) is 12.0. The van der Waals surface area contributed by atoms with Gasteiger partial charge in [-0.3, -0.25) is 15.0 Å². The molecule has 0 aliphatic rings. The maximum absolute atomic E-state index is 10.8. The van der Waals surface area contributed by atoms with Gasteiger partial charge in [-0.25, -0.2) is 4.98 Å². The maximum Gasteiger partial charge on any atom is 0.349 e. The van der Waals surface area contributed by atoms with E-state index in [0.29, 0.717) is 25.2 Å². The maximum atomic E-state index is 10.8. The molecular weight excluding hydrogens is 284 g/mol. The van der Waals surface area contributed by atoms with Crippen LogP contribution < -0.4 is 4.74 Å². The molecule has 0 amide bonds. The highest BCUT2D eigenvalue weighted by atomic mass is 35.5. The third-order valence-electron chi connectivity index (χ3n) is 2.82. The molecule has 1 aromatic heterocycles. The van der Waals surface area contributed by atoms with E-state index >= 15 is 0 Å². The summed E-state index contributed by atoms with van der Waals surface area (Å²) in [5.74, 6) is -0.0949. The molecule has 112 valence electrons. The first-order valence-corrected chi connectivity index (χ1v) is 6.76. The van der Waals surface area contributed by atoms with Crippen molar-refractivity contribution in [1.82, 2.24) is 14.9 Å². The largest absolute Gasteiger partial charge is 0.471 e. The average molecular weight is 303 g/mol. The lowest BCUT2D eigenvalue weighted by molar-refractivity contribution is -0.386. The van der Waals surface area contributed by atoms with Gasteiger partial charge >= 0.3 is 5.69 Å². The third-order valence-corrected chi connectivity index (χ3v) is 3.00. The Morgan fingerprint density at radius 2 is 2.00 bits per heavy atom. The second kappa shape index (κ2) is 7.35. The van der Waals surface area contributed by atoms with Gasteiger partial charge in [0.05, 0.1) is 4.92 Å². The smallest absolute Gasteiger partial charge is 0.349 e. The van der Waals surface area contributed by atoms with Gasteiger partial charge in [-0.05, 0) is 39.3 Å². The molecule has 20 heavy (non-hydrogen) atoms. The number of halogens is 1. The lowest BCUT2D eigenvalue weighted by atomic mass is 10.2. The molecule has 0 aromatic carbocycles. The van der Waals surface area contributed by atoms with Crippen LogP contribution in [0, 0.1) is 10.1 Å². The molecule has 0 aliphatic heterocycles. The molecular formula is C12H19ClN4O3. The Hall–Kier alpha value is -1.47. The van der Waals surface area contributed by atoms with E-state index in [1.54, 1.807) is 0 Å². The molecule has 0 aliphatic carbocycles. The molecule has 0 atom stereocenters. The van der Waals surface area contributed by atoms with Crippen molar-refractivity contribution in [3.8, 4) is 5.88 Å². The van der Waals surface area contributed by atoms with Crippen LogP contribution in [0.2, 0.25) is 5.28 Å². The summed E-state index contributed by atoms with van der Waals surface area (Å²) in [5, 5.41) is 10.8. The fourth-order valence-corrected chi connectivity index (χ4v) is 2.06. The minimum atomic E-state index is -0.589. The van der Waals surface area contributed by atoms with Crippen LogP contribution in [-0.4, -0.2) is 45.0 Å². The normalized spacial score (nSPS) is 11.4. The lowest BCUT2D eigenvalue weighted by Gasteiger charge is -2.30. The Bertz CT molecular complexity index is 460. The standard InChI is InChI=1S/C12H19ClN4O3/c1-8(2)16(9(3)4)5-6-20-11-10(17(18)19)7-14-12(13)15-11/h7-9H,5-6H2,1-4H3. The van der Waals surface area contributed by atoms with E-state index < -0.39 is 4.92 Å². The van der Waals surface area contributed by atoms with Crippen LogP contribution in [0.25, 0.3) is 0 Å². The topological polar surface area (TPSA) is 81.4 Å². The fraction of sp³-hybridized carbons (Fsp3) is 0.667. The van der Waals surface area contributed by atoms with Crippen molar-refractivity contribution in [3.63, 3.8) is 0 Å². The van der Waals surface area contributed by atoms with Crippen LogP contribution in [0.1, 0.15) is 27.7 Å². The first-order chi connectivity index (χ1) is 9.32. The van der Waals surface area contributed by atoms with Gasteiger partial charge in [0.2, 0.25) is 5.28 Å². The van der Waals surface area contributed by atoms with Crippen LogP contribution in [0.5, 0.6) is 5.88 Å². The van der Waals surface area contributed by atoms with Crippen LogP contribution in [0.3, 0.4) is 0 Å². The van der Waals surface area contributed by atoms with Crippen LogP contribution in [-0.2, 0) is 0 Å². The van der Waals surface area contributed by atoms with Gasteiger partial charge in [0.1, 0.15) is 12.8 Å². The average Bonchev–Trinajstić information content (AvgIpc) is 2.33. The highest BCUT2D eigenvalue weighted by Gasteiger charge is 2.19. The molecule has 1 aromatic rings. The number of hydrogen-bond donors (Lipinski definition) is 0. The van der Waals surface area contributed by atoms with E-state index in [0.717, 1.165) is 6.20 Å². The van der Waals surface area contributed by atoms with Crippen LogP contribution in [0.15, 0.2) is 6.20 Å².